The average molecular weight is 376 g/mol. The van der Waals surface area contributed by atoms with Gasteiger partial charge in [-0.25, -0.2) is 17.9 Å². The van der Waals surface area contributed by atoms with Crippen molar-refractivity contribution in [1.82, 2.24) is 15.0 Å². The molecule has 26 heavy (non-hydrogen) atoms. The van der Waals surface area contributed by atoms with Crippen LogP contribution in [0.5, 0.6) is 0 Å². The lowest BCUT2D eigenvalue weighted by Gasteiger charge is -2.23. The van der Waals surface area contributed by atoms with Gasteiger partial charge in [0.05, 0.1) is 30.3 Å². The Morgan fingerprint density at radius 3 is 2.77 bits per heavy atom. The molecule has 0 saturated heterocycles. The van der Waals surface area contributed by atoms with Crippen LogP contribution in [0.3, 0.4) is 0 Å². The molecule has 9 heteroatoms. The summed E-state index contributed by atoms with van der Waals surface area (Å²) < 4.78 is 34.7. The van der Waals surface area contributed by atoms with Crippen molar-refractivity contribution in [3.63, 3.8) is 0 Å². The fourth-order valence-corrected chi connectivity index (χ4v) is 4.47. The zero-order chi connectivity index (χ0) is 18.6. The van der Waals surface area contributed by atoms with Crippen molar-refractivity contribution >= 4 is 21.7 Å². The summed E-state index contributed by atoms with van der Waals surface area (Å²) in [6, 6.07) is 6.75. The molecule has 1 heterocycles. The number of carbonyl (C=O) groups is 1. The second kappa shape index (κ2) is 7.69. The van der Waals surface area contributed by atoms with E-state index in [1.807, 2.05) is 0 Å². The maximum absolute atomic E-state index is 12.8. The lowest BCUT2D eigenvalue weighted by molar-refractivity contribution is -0.138. The normalized spacial score (nSPS) is 17.4. The van der Waals surface area contributed by atoms with Gasteiger partial charge in [0, 0.05) is 5.69 Å². The highest BCUT2D eigenvalue weighted by Gasteiger charge is 2.35. The molecule has 0 amide bonds. The molecule has 0 spiro atoms. The zero-order valence-corrected chi connectivity index (χ0v) is 15.1. The first-order valence-electron chi connectivity index (χ1n) is 8.37. The molecule has 0 aliphatic heterocycles. The van der Waals surface area contributed by atoms with Crippen LogP contribution < -0.4 is 4.72 Å². The predicted molar refractivity (Wildman–Crippen MR) is 96.3 cm³/mol. The second-order valence-corrected chi connectivity index (χ2v) is 7.70. The van der Waals surface area contributed by atoms with Crippen LogP contribution in [0.15, 0.2) is 48.3 Å². The number of carbonyl (C=O) groups excluding carboxylic acids is 1. The van der Waals surface area contributed by atoms with Gasteiger partial charge in [-0.05, 0) is 50.5 Å². The number of hydrogen-bond acceptors (Lipinski definition) is 6. The van der Waals surface area contributed by atoms with Gasteiger partial charge in [-0.1, -0.05) is 11.3 Å². The van der Waals surface area contributed by atoms with Crippen molar-refractivity contribution in [2.45, 2.75) is 31.4 Å². The standard InChI is InChI=1S/C17H20N4O4S/c1-2-25-17(22)15-5-3-4-6-16(15)26(23,24)19-13-7-9-14(10-8-13)21-12-11-18-20-21/h5,7-12,16,19H,2-4,6H2,1H3. The van der Waals surface area contributed by atoms with Crippen molar-refractivity contribution in [2.24, 2.45) is 0 Å². The van der Waals surface area contributed by atoms with Crippen molar-refractivity contribution in [2.75, 3.05) is 11.3 Å². The van der Waals surface area contributed by atoms with Gasteiger partial charge in [-0.2, -0.15) is 0 Å². The van der Waals surface area contributed by atoms with Crippen LogP contribution in [0.2, 0.25) is 0 Å². The molecule has 1 aromatic carbocycles. The van der Waals surface area contributed by atoms with Crippen molar-refractivity contribution in [3.8, 4) is 5.69 Å². The van der Waals surface area contributed by atoms with Crippen molar-refractivity contribution < 1.29 is 17.9 Å². The van der Waals surface area contributed by atoms with Gasteiger partial charge in [-0.15, -0.1) is 5.10 Å². The fraction of sp³-hybridized carbons (Fsp3) is 0.353. The highest BCUT2D eigenvalue weighted by atomic mass is 32.2. The number of allylic oxidation sites excluding steroid dienone is 1. The summed E-state index contributed by atoms with van der Waals surface area (Å²) in [5, 5.41) is 6.70. The maximum Gasteiger partial charge on any atom is 0.335 e. The topological polar surface area (TPSA) is 103 Å². The van der Waals surface area contributed by atoms with E-state index in [1.54, 1.807) is 54.3 Å². The van der Waals surface area contributed by atoms with Gasteiger partial charge in [-0.3, -0.25) is 4.72 Å². The number of hydrogen-bond donors (Lipinski definition) is 1. The number of sulfonamides is 1. The Morgan fingerprint density at radius 2 is 2.12 bits per heavy atom. The Balaban J connectivity index is 1.78. The average Bonchev–Trinajstić information content (AvgIpc) is 3.17. The first-order chi connectivity index (χ1) is 12.5. The maximum atomic E-state index is 12.8. The number of nitrogens with one attached hydrogen (secondary N) is 1. The molecule has 0 radical (unpaired) electrons. The molecule has 0 bridgehead atoms. The minimum atomic E-state index is -3.77. The van der Waals surface area contributed by atoms with E-state index in [2.05, 4.69) is 15.0 Å². The third-order valence-corrected chi connectivity index (χ3v) is 5.84. The van der Waals surface area contributed by atoms with Gasteiger partial charge in [0.1, 0.15) is 5.25 Å². The quantitative estimate of drug-likeness (QED) is 0.774. The minimum absolute atomic E-state index is 0.208. The van der Waals surface area contributed by atoms with E-state index in [9.17, 15) is 13.2 Å². The van der Waals surface area contributed by atoms with E-state index in [0.717, 1.165) is 5.69 Å². The van der Waals surface area contributed by atoms with Gasteiger partial charge in [0.25, 0.3) is 0 Å². The van der Waals surface area contributed by atoms with Crippen LogP contribution in [-0.2, 0) is 19.6 Å². The van der Waals surface area contributed by atoms with E-state index in [-0.39, 0.29) is 12.2 Å². The van der Waals surface area contributed by atoms with E-state index in [1.165, 1.54) is 0 Å². The molecule has 3 rings (SSSR count). The summed E-state index contributed by atoms with van der Waals surface area (Å²) in [6.45, 7) is 1.90. The molecule has 1 aromatic heterocycles. The number of anilines is 1. The summed E-state index contributed by atoms with van der Waals surface area (Å²) in [7, 11) is -3.77. The van der Waals surface area contributed by atoms with Gasteiger partial charge in [0.2, 0.25) is 10.0 Å². The highest BCUT2D eigenvalue weighted by molar-refractivity contribution is 7.93. The van der Waals surface area contributed by atoms with Gasteiger partial charge in [0.15, 0.2) is 0 Å². The molecule has 0 saturated carbocycles. The summed E-state index contributed by atoms with van der Waals surface area (Å²) in [6.07, 6.45) is 6.68. The third-order valence-electron chi connectivity index (χ3n) is 4.08. The minimum Gasteiger partial charge on any atom is -0.463 e. The zero-order valence-electron chi connectivity index (χ0n) is 14.3. The summed E-state index contributed by atoms with van der Waals surface area (Å²) >= 11 is 0. The number of ether oxygens (including phenoxy) is 1. The van der Waals surface area contributed by atoms with Crippen LogP contribution in [0.1, 0.15) is 26.2 Å². The number of nitrogens with zero attached hydrogens (tertiary/aromatic N) is 3. The largest absolute Gasteiger partial charge is 0.463 e. The molecule has 138 valence electrons. The van der Waals surface area contributed by atoms with Crippen LogP contribution in [0, 0.1) is 0 Å². The third kappa shape index (κ3) is 3.93. The van der Waals surface area contributed by atoms with Gasteiger partial charge < -0.3 is 4.74 Å². The predicted octanol–water partition coefficient (Wildman–Crippen LogP) is 2.05. The molecule has 2 aromatic rings. The molecular formula is C17H20N4O4S. The summed E-state index contributed by atoms with van der Waals surface area (Å²) in [5.41, 5.74) is 1.39. The van der Waals surface area contributed by atoms with Crippen molar-refractivity contribution in [1.29, 1.82) is 0 Å². The molecule has 1 unspecified atom stereocenters. The smallest absolute Gasteiger partial charge is 0.335 e. The molecule has 8 nitrogen and oxygen atoms in total. The van der Waals surface area contributed by atoms with E-state index >= 15 is 0 Å². The first kappa shape index (κ1) is 18.1. The summed E-state index contributed by atoms with van der Waals surface area (Å²) in [4.78, 5) is 12.1. The lowest BCUT2D eigenvalue weighted by Crippen LogP contribution is -2.34. The Hall–Kier alpha value is -2.68. The molecule has 0 fully saturated rings. The SMILES string of the molecule is CCOC(=O)C1=CCCCC1S(=O)(=O)Nc1ccc(-n2ccnn2)cc1. The monoisotopic (exact) mass is 376 g/mol. The number of aromatic nitrogens is 3. The lowest BCUT2D eigenvalue weighted by atomic mass is 9.99. The number of benzene rings is 1. The Morgan fingerprint density at radius 1 is 1.35 bits per heavy atom. The van der Waals surface area contributed by atoms with E-state index in [0.29, 0.717) is 24.9 Å². The Labute approximate surface area is 151 Å². The molecular weight excluding hydrogens is 356 g/mol. The number of rotatable bonds is 6. The van der Waals surface area contributed by atoms with E-state index < -0.39 is 21.2 Å². The Kier molecular flexibility index (Phi) is 5.36. The Bertz CT molecular complexity index is 889. The summed E-state index contributed by atoms with van der Waals surface area (Å²) in [5.74, 6) is -0.566. The van der Waals surface area contributed by atoms with Crippen molar-refractivity contribution in [3.05, 3.63) is 48.3 Å². The number of esters is 1. The fourth-order valence-electron chi connectivity index (χ4n) is 2.86. The van der Waals surface area contributed by atoms with Crippen LogP contribution >= 0.6 is 0 Å². The molecule has 1 atom stereocenters. The van der Waals surface area contributed by atoms with Gasteiger partial charge >= 0.3 is 5.97 Å². The molecule has 1 N–H and O–H groups in total. The highest BCUT2D eigenvalue weighted by Crippen LogP contribution is 2.27. The second-order valence-electron chi connectivity index (χ2n) is 5.84. The molecule has 1 aliphatic rings. The molecule has 1 aliphatic carbocycles. The van der Waals surface area contributed by atoms with Crippen LogP contribution in [0.4, 0.5) is 5.69 Å². The van der Waals surface area contributed by atoms with Crippen LogP contribution in [0.25, 0.3) is 5.69 Å². The van der Waals surface area contributed by atoms with E-state index in [4.69, 9.17) is 4.74 Å². The first-order valence-corrected chi connectivity index (χ1v) is 9.91. The van der Waals surface area contributed by atoms with Crippen LogP contribution in [-0.4, -0.2) is 41.2 Å².